The van der Waals surface area contributed by atoms with Crippen LogP contribution in [0.4, 0.5) is 0 Å². The Labute approximate surface area is 111 Å². The topological polar surface area (TPSA) is 83.9 Å². The minimum Gasteiger partial charge on any atom is -0.495 e. The first-order chi connectivity index (χ1) is 8.98. The first kappa shape index (κ1) is 13.8. The largest absolute Gasteiger partial charge is 0.495 e. The van der Waals surface area contributed by atoms with E-state index in [1.165, 1.54) is 13.2 Å². The van der Waals surface area contributed by atoms with E-state index in [2.05, 4.69) is 0 Å². The van der Waals surface area contributed by atoms with Gasteiger partial charge in [0.05, 0.1) is 7.11 Å². The normalized spacial score (nSPS) is 20.4. The number of carbonyl (C=O) groups is 1. The van der Waals surface area contributed by atoms with Crippen molar-refractivity contribution in [1.29, 1.82) is 0 Å². The Morgan fingerprint density at radius 2 is 2.11 bits per heavy atom. The van der Waals surface area contributed by atoms with E-state index < -0.39 is 22.0 Å². The minimum atomic E-state index is -3.85. The lowest BCUT2D eigenvalue weighted by Crippen LogP contribution is -2.40. The first-order valence-corrected chi connectivity index (χ1v) is 7.30. The maximum absolute atomic E-state index is 12.5. The molecule has 2 rings (SSSR count). The van der Waals surface area contributed by atoms with Gasteiger partial charge in [0.25, 0.3) is 0 Å². The molecule has 1 aliphatic heterocycles. The summed E-state index contributed by atoms with van der Waals surface area (Å²) in [6, 6.07) is 5.22. The fraction of sp³-hybridized carbons (Fsp3) is 0.417. The number of benzene rings is 1. The zero-order valence-electron chi connectivity index (χ0n) is 10.4. The van der Waals surface area contributed by atoms with Crippen molar-refractivity contribution in [2.75, 3.05) is 13.7 Å². The molecule has 1 fully saturated rings. The second-order valence-electron chi connectivity index (χ2n) is 4.26. The van der Waals surface area contributed by atoms with Crippen molar-refractivity contribution in [3.05, 3.63) is 24.3 Å². The van der Waals surface area contributed by atoms with E-state index in [1.54, 1.807) is 18.2 Å². The molecule has 0 spiro atoms. The highest BCUT2D eigenvalue weighted by atomic mass is 32.2. The molecule has 0 amide bonds. The standard InChI is InChI=1S/C12H15NO5S/c1-18-10-6-2-3-7-11(10)19(16,17)13-8-4-5-9(13)12(14)15/h2-3,6-7,9H,4-5,8H2,1H3,(H,14,15)/t9-/m0/s1. The number of nitrogens with zero attached hydrogens (tertiary/aromatic N) is 1. The molecule has 19 heavy (non-hydrogen) atoms. The van der Waals surface area contributed by atoms with Gasteiger partial charge >= 0.3 is 5.97 Å². The van der Waals surface area contributed by atoms with Crippen LogP contribution in [0.3, 0.4) is 0 Å². The van der Waals surface area contributed by atoms with Crippen LogP contribution in [-0.4, -0.2) is 43.5 Å². The highest BCUT2D eigenvalue weighted by Gasteiger charge is 2.40. The summed E-state index contributed by atoms with van der Waals surface area (Å²) in [5, 5.41) is 9.08. The van der Waals surface area contributed by atoms with Crippen LogP contribution in [0.1, 0.15) is 12.8 Å². The molecule has 0 radical (unpaired) electrons. The van der Waals surface area contributed by atoms with Crippen molar-refractivity contribution < 1.29 is 23.1 Å². The lowest BCUT2D eigenvalue weighted by atomic mass is 10.2. The van der Waals surface area contributed by atoms with Crippen LogP contribution in [0.5, 0.6) is 5.75 Å². The number of rotatable bonds is 4. The SMILES string of the molecule is COc1ccccc1S(=O)(=O)N1CCC[C@H]1C(=O)O. The van der Waals surface area contributed by atoms with Crippen molar-refractivity contribution >= 4 is 16.0 Å². The number of aliphatic carboxylic acids is 1. The van der Waals surface area contributed by atoms with Crippen LogP contribution in [0.2, 0.25) is 0 Å². The summed E-state index contributed by atoms with van der Waals surface area (Å²) in [5.41, 5.74) is 0. The summed E-state index contributed by atoms with van der Waals surface area (Å²) in [5.74, 6) is -0.894. The van der Waals surface area contributed by atoms with Crippen molar-refractivity contribution in [2.45, 2.75) is 23.8 Å². The molecule has 1 aromatic rings. The number of carboxylic acids is 1. The molecule has 104 valence electrons. The quantitative estimate of drug-likeness (QED) is 0.889. The van der Waals surface area contributed by atoms with Gasteiger partial charge < -0.3 is 9.84 Å². The van der Waals surface area contributed by atoms with E-state index in [-0.39, 0.29) is 17.2 Å². The molecule has 0 unspecified atom stereocenters. The summed E-state index contributed by atoms with van der Waals surface area (Å²) >= 11 is 0. The number of hydrogen-bond acceptors (Lipinski definition) is 4. The lowest BCUT2D eigenvalue weighted by molar-refractivity contribution is -0.140. The average molecular weight is 285 g/mol. The number of para-hydroxylation sites is 1. The van der Waals surface area contributed by atoms with Gasteiger partial charge in [-0.3, -0.25) is 4.79 Å². The Morgan fingerprint density at radius 3 is 2.74 bits per heavy atom. The molecule has 7 heteroatoms. The van der Waals surface area contributed by atoms with Crippen molar-refractivity contribution in [2.24, 2.45) is 0 Å². The van der Waals surface area contributed by atoms with Gasteiger partial charge in [-0.15, -0.1) is 0 Å². The number of methoxy groups -OCH3 is 1. The molecule has 1 aromatic carbocycles. The third kappa shape index (κ3) is 2.43. The molecule has 0 saturated carbocycles. The molecule has 0 aliphatic carbocycles. The highest BCUT2D eigenvalue weighted by Crippen LogP contribution is 2.31. The fourth-order valence-corrected chi connectivity index (χ4v) is 4.04. The van der Waals surface area contributed by atoms with Gasteiger partial charge in [0.1, 0.15) is 16.7 Å². The Balaban J connectivity index is 2.45. The van der Waals surface area contributed by atoms with Crippen LogP contribution in [0, 0.1) is 0 Å². The summed E-state index contributed by atoms with van der Waals surface area (Å²) < 4.78 is 31.1. The van der Waals surface area contributed by atoms with Crippen LogP contribution in [0.25, 0.3) is 0 Å². The zero-order valence-corrected chi connectivity index (χ0v) is 11.3. The Bertz CT molecular complexity index is 584. The fourth-order valence-electron chi connectivity index (χ4n) is 2.23. The first-order valence-electron chi connectivity index (χ1n) is 5.86. The highest BCUT2D eigenvalue weighted by molar-refractivity contribution is 7.89. The minimum absolute atomic E-state index is 0.00523. The third-order valence-electron chi connectivity index (χ3n) is 3.14. The number of hydrogen-bond donors (Lipinski definition) is 1. The van der Waals surface area contributed by atoms with E-state index in [4.69, 9.17) is 9.84 Å². The zero-order chi connectivity index (χ0) is 14.0. The predicted molar refractivity (Wildman–Crippen MR) is 67.5 cm³/mol. The molecule has 1 atom stereocenters. The second kappa shape index (κ2) is 5.18. The van der Waals surface area contributed by atoms with Gasteiger partial charge in [-0.1, -0.05) is 12.1 Å². The van der Waals surface area contributed by atoms with Crippen LogP contribution < -0.4 is 4.74 Å². The molecule has 1 heterocycles. The van der Waals surface area contributed by atoms with E-state index in [0.29, 0.717) is 12.8 Å². The molecular formula is C12H15NO5S. The third-order valence-corrected chi connectivity index (χ3v) is 5.09. The summed E-state index contributed by atoms with van der Waals surface area (Å²) in [4.78, 5) is 11.1. The van der Waals surface area contributed by atoms with Crippen molar-refractivity contribution in [3.8, 4) is 5.75 Å². The number of carboxylic acid groups (broad SMARTS) is 1. The molecule has 1 N–H and O–H groups in total. The molecule has 1 saturated heterocycles. The molecule has 1 aliphatic rings. The van der Waals surface area contributed by atoms with Crippen molar-refractivity contribution in [1.82, 2.24) is 4.31 Å². The van der Waals surface area contributed by atoms with E-state index in [9.17, 15) is 13.2 Å². The van der Waals surface area contributed by atoms with Gasteiger partial charge in [-0.05, 0) is 25.0 Å². The van der Waals surface area contributed by atoms with Gasteiger partial charge in [0.15, 0.2) is 0 Å². The van der Waals surface area contributed by atoms with Crippen LogP contribution in [0.15, 0.2) is 29.2 Å². The summed E-state index contributed by atoms with van der Waals surface area (Å²) in [6.07, 6.45) is 0.884. The van der Waals surface area contributed by atoms with Gasteiger partial charge in [0.2, 0.25) is 10.0 Å². The van der Waals surface area contributed by atoms with Gasteiger partial charge in [0, 0.05) is 6.54 Å². The second-order valence-corrected chi connectivity index (χ2v) is 6.12. The van der Waals surface area contributed by atoms with E-state index in [0.717, 1.165) is 4.31 Å². The van der Waals surface area contributed by atoms with Crippen molar-refractivity contribution in [3.63, 3.8) is 0 Å². The monoisotopic (exact) mass is 285 g/mol. The smallest absolute Gasteiger partial charge is 0.322 e. The summed E-state index contributed by atoms with van der Waals surface area (Å²) in [6.45, 7) is 0.220. The Morgan fingerprint density at radius 1 is 1.42 bits per heavy atom. The maximum Gasteiger partial charge on any atom is 0.322 e. The van der Waals surface area contributed by atoms with E-state index >= 15 is 0 Å². The molecule has 0 aromatic heterocycles. The van der Waals surface area contributed by atoms with Crippen LogP contribution >= 0.6 is 0 Å². The number of sulfonamides is 1. The Kier molecular flexibility index (Phi) is 3.77. The molecule has 0 bridgehead atoms. The van der Waals surface area contributed by atoms with E-state index in [1.807, 2.05) is 0 Å². The van der Waals surface area contributed by atoms with Gasteiger partial charge in [-0.2, -0.15) is 4.31 Å². The van der Waals surface area contributed by atoms with Gasteiger partial charge in [-0.25, -0.2) is 8.42 Å². The number of ether oxygens (including phenoxy) is 1. The maximum atomic E-state index is 12.5. The van der Waals surface area contributed by atoms with Crippen LogP contribution in [-0.2, 0) is 14.8 Å². The predicted octanol–water partition coefficient (Wildman–Crippen LogP) is 0.933. The molecular weight excluding hydrogens is 270 g/mol. The lowest BCUT2D eigenvalue weighted by Gasteiger charge is -2.21. The Hall–Kier alpha value is -1.60. The average Bonchev–Trinajstić information content (AvgIpc) is 2.88. The molecule has 6 nitrogen and oxygen atoms in total. The summed E-state index contributed by atoms with van der Waals surface area (Å²) in [7, 11) is -2.47.